The summed E-state index contributed by atoms with van der Waals surface area (Å²) in [6, 6.07) is 10.1. The number of benzene rings is 1. The first-order valence-electron chi connectivity index (χ1n) is 23.3. The number of fused-ring (bicyclic) bond motifs is 5. The quantitative estimate of drug-likeness (QED) is 0.126. The zero-order valence-corrected chi connectivity index (χ0v) is 40.3. The lowest BCUT2D eigenvalue weighted by Crippen LogP contribution is -2.82. The number of rotatable bonds is 13. The van der Waals surface area contributed by atoms with Crippen molar-refractivity contribution in [1.82, 2.24) is 15.1 Å². The Hall–Kier alpha value is -4.72. The molecule has 366 valence electrons. The molecule has 7 rings (SSSR count). The molecule has 18 heteroatoms. The number of hydrogen-bond donors (Lipinski definition) is 4. The third-order valence-corrected chi connectivity index (χ3v) is 16.3. The molecule has 1 aromatic heterocycles. The maximum Gasteiger partial charge on any atom is 0.410 e. The first kappa shape index (κ1) is 50.2. The maximum absolute atomic E-state index is 16.0. The summed E-state index contributed by atoms with van der Waals surface area (Å²) < 4.78 is 31.2. The van der Waals surface area contributed by atoms with E-state index in [1.807, 2.05) is 6.92 Å². The van der Waals surface area contributed by atoms with E-state index in [1.54, 1.807) is 63.4 Å². The predicted molar refractivity (Wildman–Crippen MR) is 243 cm³/mol. The molecule has 3 unspecified atom stereocenters. The lowest BCUT2D eigenvalue weighted by Gasteiger charge is -2.67. The third kappa shape index (κ3) is 8.82. The van der Waals surface area contributed by atoms with Gasteiger partial charge < -0.3 is 49.2 Å². The van der Waals surface area contributed by atoms with Crippen LogP contribution in [0.5, 0.6) is 0 Å². The van der Waals surface area contributed by atoms with Crippen LogP contribution in [0.15, 0.2) is 59.0 Å². The fourth-order valence-corrected chi connectivity index (χ4v) is 11.9. The lowest BCUT2D eigenvalue weighted by molar-refractivity contribution is -0.345. The number of aliphatic hydroxyl groups is 3. The highest BCUT2D eigenvalue weighted by Gasteiger charge is 2.78. The molecule has 2 bridgehead atoms. The number of nitrogens with one attached hydrogen (secondary N) is 1. The van der Waals surface area contributed by atoms with E-state index in [1.165, 1.54) is 42.2 Å². The summed E-state index contributed by atoms with van der Waals surface area (Å²) in [6.07, 6.45) is -9.83. The predicted octanol–water partition coefficient (Wildman–Crippen LogP) is 4.07. The summed E-state index contributed by atoms with van der Waals surface area (Å²) in [4.78, 5) is 89.8. The standard InChI is InChI=1S/C49H65N3O14S/c1-9-18-51-19-21-52(22-20-51)45(60)64-38-35-28(4)31(63-44(59)37(55)36(27(3)10-2)50-42(57)32-17-14-23-67-32)25-49(61,46(35,6)7)41(65-43(58)30-15-12-11-13-16-30)39-47(8,40(38)56)33(54)24-34-48(39,26-62-34)66-29(5)53/h11-17,23,27,31,33-34,36-39,41,54-55,61H,9-10,18-22,24-26H2,1-8H3,(H,50,57)/t27?,31-,33-,34+,36+,37+,38+,39?,41?,47+,48-,49+/m0/s1. The summed E-state index contributed by atoms with van der Waals surface area (Å²) in [6.45, 7) is 15.3. The van der Waals surface area contributed by atoms with Gasteiger partial charge in [0.2, 0.25) is 0 Å². The second-order valence-electron chi connectivity index (χ2n) is 19.6. The molecular formula is C49H65N3O14S. The van der Waals surface area contributed by atoms with Crippen molar-refractivity contribution in [3.05, 3.63) is 69.4 Å². The normalized spacial score (nSPS) is 32.7. The molecule has 2 saturated heterocycles. The molecule has 3 heterocycles. The Labute approximate surface area is 395 Å². The van der Waals surface area contributed by atoms with Crippen molar-refractivity contribution in [2.24, 2.45) is 22.7 Å². The van der Waals surface area contributed by atoms with Crippen LogP contribution in [-0.4, -0.2) is 154 Å². The van der Waals surface area contributed by atoms with Crippen LogP contribution in [0.25, 0.3) is 0 Å². The van der Waals surface area contributed by atoms with Crippen LogP contribution in [0.2, 0.25) is 0 Å². The number of carbonyl (C=O) groups is 6. The summed E-state index contributed by atoms with van der Waals surface area (Å²) in [5.41, 5.74) is -7.59. The molecule has 4 fully saturated rings. The van der Waals surface area contributed by atoms with E-state index < -0.39 is 119 Å². The minimum Gasteiger partial charge on any atom is -0.456 e. The number of thiophene rings is 1. The maximum atomic E-state index is 16.0. The number of aliphatic hydroxyl groups excluding tert-OH is 2. The Morgan fingerprint density at radius 3 is 2.25 bits per heavy atom. The highest BCUT2D eigenvalue weighted by Crippen LogP contribution is 2.64. The van der Waals surface area contributed by atoms with Crippen LogP contribution in [0.3, 0.4) is 0 Å². The van der Waals surface area contributed by atoms with E-state index in [-0.39, 0.29) is 42.8 Å². The molecule has 2 saturated carbocycles. The van der Waals surface area contributed by atoms with Crippen molar-refractivity contribution in [1.29, 1.82) is 0 Å². The van der Waals surface area contributed by atoms with Gasteiger partial charge in [-0.15, -0.1) is 11.3 Å². The number of esters is 3. The fourth-order valence-electron chi connectivity index (χ4n) is 11.3. The highest BCUT2D eigenvalue weighted by atomic mass is 32.1. The number of carbonyl (C=O) groups excluding carboxylic acids is 6. The summed E-state index contributed by atoms with van der Waals surface area (Å²) in [5, 5.41) is 42.5. The minimum absolute atomic E-state index is 0.0298. The molecule has 17 nitrogen and oxygen atoms in total. The van der Waals surface area contributed by atoms with Gasteiger partial charge in [0.1, 0.15) is 23.9 Å². The van der Waals surface area contributed by atoms with Crippen molar-refractivity contribution in [3.63, 3.8) is 0 Å². The molecule has 2 aliphatic heterocycles. The Morgan fingerprint density at radius 2 is 1.67 bits per heavy atom. The molecule has 4 N–H and O–H groups in total. The average molecular weight is 952 g/mol. The molecule has 12 atom stereocenters. The van der Waals surface area contributed by atoms with Crippen LogP contribution in [0.4, 0.5) is 4.79 Å². The van der Waals surface area contributed by atoms with Gasteiger partial charge in [-0.25, -0.2) is 14.4 Å². The fraction of sp³-hybridized carbons (Fsp3) is 0.633. The van der Waals surface area contributed by atoms with Gasteiger partial charge in [0.15, 0.2) is 23.6 Å². The average Bonchev–Trinajstić information content (AvgIpc) is 3.85. The Kier molecular flexibility index (Phi) is 14.5. The zero-order chi connectivity index (χ0) is 48.8. The van der Waals surface area contributed by atoms with Crippen LogP contribution in [0.1, 0.15) is 101 Å². The number of Topliss-reactive ketones (excluding diaryl/α,β-unsaturated/α-hetero) is 1. The minimum atomic E-state index is -2.39. The van der Waals surface area contributed by atoms with E-state index in [0.717, 1.165) is 13.0 Å². The van der Waals surface area contributed by atoms with E-state index in [4.69, 9.17) is 23.7 Å². The molecule has 1 aromatic carbocycles. The number of piperazine rings is 1. The number of amides is 2. The van der Waals surface area contributed by atoms with E-state index in [2.05, 4.69) is 17.1 Å². The lowest BCUT2D eigenvalue weighted by atomic mass is 9.44. The van der Waals surface area contributed by atoms with Gasteiger partial charge in [0, 0.05) is 51.4 Å². The smallest absolute Gasteiger partial charge is 0.410 e. The van der Waals surface area contributed by atoms with Crippen molar-refractivity contribution in [3.8, 4) is 0 Å². The zero-order valence-electron chi connectivity index (χ0n) is 39.5. The molecule has 2 aromatic rings. The number of ketones is 1. The van der Waals surface area contributed by atoms with Gasteiger partial charge in [0.25, 0.3) is 5.91 Å². The van der Waals surface area contributed by atoms with Crippen molar-refractivity contribution in [2.45, 2.75) is 135 Å². The SMILES string of the molecule is CCCN1CCN(C(=O)O[C@H]2C(=O)[C@@]3(C)C(C(OC(=O)c4ccccc4)[C@]4(O)C[C@H](OC(=O)[C@H](O)[C@H](NC(=O)c5cccs5)C(C)CC)C(C)=C2C4(C)C)[C@]2(OC(C)=O)CO[C@@H]2C[C@@H]3O)CC1. The second kappa shape index (κ2) is 19.3. The summed E-state index contributed by atoms with van der Waals surface area (Å²) in [7, 11) is 0. The molecule has 3 aliphatic carbocycles. The second-order valence-corrected chi connectivity index (χ2v) is 20.5. The Balaban J connectivity index is 1.39. The van der Waals surface area contributed by atoms with Crippen molar-refractivity contribution >= 4 is 47.0 Å². The van der Waals surface area contributed by atoms with Gasteiger partial charge in [-0.3, -0.25) is 19.3 Å². The Morgan fingerprint density at radius 1 is 0.985 bits per heavy atom. The number of hydrogen-bond acceptors (Lipinski definition) is 16. The van der Waals surface area contributed by atoms with Crippen molar-refractivity contribution in [2.75, 3.05) is 39.3 Å². The topological polar surface area (TPSA) is 228 Å². The van der Waals surface area contributed by atoms with Gasteiger partial charge in [-0.05, 0) is 67.5 Å². The van der Waals surface area contributed by atoms with E-state index in [0.29, 0.717) is 24.4 Å². The summed E-state index contributed by atoms with van der Waals surface area (Å²) in [5.74, 6) is -6.16. The molecule has 2 amide bonds. The van der Waals surface area contributed by atoms with E-state index in [9.17, 15) is 39.3 Å². The first-order chi connectivity index (χ1) is 31.7. The van der Waals surface area contributed by atoms with Crippen LogP contribution >= 0.6 is 11.3 Å². The van der Waals surface area contributed by atoms with Crippen LogP contribution < -0.4 is 5.32 Å². The Bertz CT molecular complexity index is 2230. The van der Waals surface area contributed by atoms with Gasteiger partial charge in [-0.1, -0.05) is 65.3 Å². The number of nitrogens with zero attached hydrogens (tertiary/aromatic N) is 2. The molecule has 5 aliphatic rings. The molecule has 67 heavy (non-hydrogen) atoms. The van der Waals surface area contributed by atoms with Gasteiger partial charge in [-0.2, -0.15) is 0 Å². The van der Waals surface area contributed by atoms with Crippen molar-refractivity contribution < 1.29 is 67.8 Å². The van der Waals surface area contributed by atoms with Gasteiger partial charge in [0.05, 0.1) is 40.5 Å². The largest absolute Gasteiger partial charge is 0.456 e. The van der Waals surface area contributed by atoms with Crippen LogP contribution in [-0.2, 0) is 38.1 Å². The first-order valence-corrected chi connectivity index (χ1v) is 24.2. The highest BCUT2D eigenvalue weighted by molar-refractivity contribution is 7.12. The van der Waals surface area contributed by atoms with Crippen LogP contribution in [0, 0.1) is 22.7 Å². The molecule has 0 spiro atoms. The molecule has 0 radical (unpaired) electrons. The number of ether oxygens (including phenoxy) is 5. The summed E-state index contributed by atoms with van der Waals surface area (Å²) >= 11 is 1.19. The third-order valence-electron chi connectivity index (χ3n) is 15.4. The van der Waals surface area contributed by atoms with E-state index >= 15 is 4.79 Å². The van der Waals surface area contributed by atoms with Gasteiger partial charge >= 0.3 is 24.0 Å². The molecular weight excluding hydrogens is 887 g/mol. The monoisotopic (exact) mass is 951 g/mol.